The van der Waals surface area contributed by atoms with Gasteiger partial charge >= 0.3 is 6.36 Å². The number of nitrogen functional groups attached to an aromatic ring is 1. The zero-order valence-corrected chi connectivity index (χ0v) is 14.5. The first-order valence-electron chi connectivity index (χ1n) is 7.91. The predicted molar refractivity (Wildman–Crippen MR) is 95.9 cm³/mol. The lowest BCUT2D eigenvalue weighted by Crippen LogP contribution is -2.22. The maximum absolute atomic E-state index is 12.8. The third-order valence-electron chi connectivity index (χ3n) is 3.63. The maximum Gasteiger partial charge on any atom is 0.573 e. The van der Waals surface area contributed by atoms with Gasteiger partial charge in [-0.3, -0.25) is 9.36 Å². The second-order valence-electron chi connectivity index (χ2n) is 5.67. The Labute approximate surface area is 157 Å². The number of rotatable bonds is 2. The Kier molecular flexibility index (Phi) is 5.04. The van der Waals surface area contributed by atoms with E-state index in [4.69, 9.17) is 5.73 Å². The fourth-order valence-electron chi connectivity index (χ4n) is 2.35. The van der Waals surface area contributed by atoms with Crippen LogP contribution in [0.15, 0.2) is 53.7 Å². The van der Waals surface area contributed by atoms with Crippen molar-refractivity contribution in [3.05, 3.63) is 76.0 Å². The summed E-state index contributed by atoms with van der Waals surface area (Å²) in [6.45, 7) is 1.71. The number of ether oxygens (including phenoxy) is 1. The van der Waals surface area contributed by atoms with E-state index in [1.165, 1.54) is 35.3 Å². The summed E-state index contributed by atoms with van der Waals surface area (Å²) < 4.78 is 42.4. The smallest absolute Gasteiger partial charge is 0.406 e. The van der Waals surface area contributed by atoms with Crippen LogP contribution in [0, 0.1) is 18.8 Å². The molecule has 0 unspecified atom stereocenters. The number of anilines is 1. The van der Waals surface area contributed by atoms with Gasteiger partial charge in [0.05, 0.1) is 16.8 Å². The summed E-state index contributed by atoms with van der Waals surface area (Å²) in [5.74, 6) is 5.21. The van der Waals surface area contributed by atoms with E-state index in [0.717, 1.165) is 12.1 Å². The van der Waals surface area contributed by atoms with E-state index >= 15 is 0 Å². The van der Waals surface area contributed by atoms with Gasteiger partial charge in [0.1, 0.15) is 5.75 Å². The van der Waals surface area contributed by atoms with Crippen molar-refractivity contribution in [1.29, 1.82) is 0 Å². The van der Waals surface area contributed by atoms with Gasteiger partial charge in [0.15, 0.2) is 0 Å². The molecule has 2 heterocycles. The second kappa shape index (κ2) is 7.44. The molecule has 0 aliphatic heterocycles. The Morgan fingerprint density at radius 1 is 1.14 bits per heavy atom. The van der Waals surface area contributed by atoms with Crippen LogP contribution in [0.1, 0.15) is 16.7 Å². The molecular formula is C19H13F3N4O2. The summed E-state index contributed by atoms with van der Waals surface area (Å²) in [7, 11) is 0. The Morgan fingerprint density at radius 3 is 2.54 bits per heavy atom. The molecule has 0 aliphatic rings. The lowest BCUT2D eigenvalue weighted by Gasteiger charge is -2.12. The minimum Gasteiger partial charge on any atom is -0.406 e. The molecule has 142 valence electrons. The van der Waals surface area contributed by atoms with Gasteiger partial charge in [-0.1, -0.05) is 17.9 Å². The van der Waals surface area contributed by atoms with Crippen molar-refractivity contribution in [3.8, 4) is 23.3 Å². The Bertz CT molecular complexity index is 1130. The highest BCUT2D eigenvalue weighted by Crippen LogP contribution is 2.24. The number of aromatic nitrogens is 3. The first-order chi connectivity index (χ1) is 13.2. The van der Waals surface area contributed by atoms with Gasteiger partial charge in [-0.2, -0.15) is 0 Å². The molecule has 1 aromatic carbocycles. The summed E-state index contributed by atoms with van der Waals surface area (Å²) in [5.41, 5.74) is 6.42. The lowest BCUT2D eigenvalue weighted by atomic mass is 10.1. The van der Waals surface area contributed by atoms with Gasteiger partial charge in [0.2, 0.25) is 5.95 Å². The molecule has 0 atom stereocenters. The molecule has 0 fully saturated rings. The normalized spacial score (nSPS) is 10.9. The summed E-state index contributed by atoms with van der Waals surface area (Å²) in [4.78, 5) is 20.4. The van der Waals surface area contributed by atoms with Crippen molar-refractivity contribution in [2.45, 2.75) is 13.3 Å². The van der Waals surface area contributed by atoms with Crippen molar-refractivity contribution in [2.24, 2.45) is 0 Å². The average Bonchev–Trinajstić information content (AvgIpc) is 2.62. The number of hydrogen-bond acceptors (Lipinski definition) is 5. The van der Waals surface area contributed by atoms with E-state index in [-0.39, 0.29) is 17.2 Å². The van der Waals surface area contributed by atoms with E-state index in [9.17, 15) is 18.0 Å². The third kappa shape index (κ3) is 4.48. The quantitative estimate of drug-likeness (QED) is 0.685. The van der Waals surface area contributed by atoms with E-state index < -0.39 is 17.7 Å². The average molecular weight is 386 g/mol. The number of nitrogens with two attached hydrogens (primary N) is 1. The molecule has 2 aromatic heterocycles. The van der Waals surface area contributed by atoms with Crippen LogP contribution in [0.5, 0.6) is 5.75 Å². The van der Waals surface area contributed by atoms with Crippen LogP contribution in [-0.4, -0.2) is 20.9 Å². The molecule has 0 saturated carbocycles. The van der Waals surface area contributed by atoms with Crippen molar-refractivity contribution in [2.75, 3.05) is 5.73 Å². The summed E-state index contributed by atoms with van der Waals surface area (Å²) in [6, 6.07) is 6.76. The van der Waals surface area contributed by atoms with E-state index in [0.29, 0.717) is 11.1 Å². The van der Waals surface area contributed by atoms with Gasteiger partial charge in [0.25, 0.3) is 5.56 Å². The number of halogens is 3. The second-order valence-corrected chi connectivity index (χ2v) is 5.67. The number of pyridine rings is 1. The van der Waals surface area contributed by atoms with E-state index in [2.05, 4.69) is 26.5 Å². The topological polar surface area (TPSA) is 83.0 Å². The van der Waals surface area contributed by atoms with Crippen LogP contribution in [0.2, 0.25) is 0 Å². The fraction of sp³-hybridized carbons (Fsp3) is 0.105. The molecule has 3 rings (SSSR count). The molecule has 3 aromatic rings. The molecule has 0 radical (unpaired) electrons. The Hall–Kier alpha value is -3.80. The number of benzene rings is 1. The van der Waals surface area contributed by atoms with E-state index in [1.54, 1.807) is 13.0 Å². The molecule has 0 saturated heterocycles. The SMILES string of the molecule is Cc1ccn(-c2cccc(OC(F)(F)F)c2)c(=O)c1C#Cc1cnc(N)nc1. The molecule has 0 aliphatic carbocycles. The highest BCUT2D eigenvalue weighted by molar-refractivity contribution is 5.47. The zero-order chi connectivity index (χ0) is 20.3. The van der Waals surface area contributed by atoms with Crippen molar-refractivity contribution in [1.82, 2.24) is 14.5 Å². The first-order valence-corrected chi connectivity index (χ1v) is 7.91. The standard InChI is InChI=1S/C19H13F3N4O2/c1-12-7-8-26(14-3-2-4-15(9-14)28-19(20,21)22)17(27)16(12)6-5-13-10-24-18(23)25-11-13/h2-4,7-11H,1H3,(H2,23,24,25). The minimum absolute atomic E-state index is 0.102. The molecule has 0 bridgehead atoms. The Balaban J connectivity index is 2.02. The molecule has 28 heavy (non-hydrogen) atoms. The number of aryl methyl sites for hydroxylation is 1. The highest BCUT2D eigenvalue weighted by atomic mass is 19.4. The lowest BCUT2D eigenvalue weighted by molar-refractivity contribution is -0.274. The summed E-state index contributed by atoms with van der Waals surface area (Å²) in [6.07, 6.45) is -0.523. The van der Waals surface area contributed by atoms with Gasteiger partial charge in [0, 0.05) is 24.7 Å². The largest absolute Gasteiger partial charge is 0.573 e. The van der Waals surface area contributed by atoms with Crippen LogP contribution in [0.3, 0.4) is 0 Å². The molecular weight excluding hydrogens is 373 g/mol. The molecule has 6 nitrogen and oxygen atoms in total. The van der Waals surface area contributed by atoms with Gasteiger partial charge in [-0.05, 0) is 30.7 Å². The summed E-state index contributed by atoms with van der Waals surface area (Å²) >= 11 is 0. The van der Waals surface area contributed by atoms with Gasteiger partial charge < -0.3 is 10.5 Å². The van der Waals surface area contributed by atoms with Crippen LogP contribution >= 0.6 is 0 Å². The molecule has 0 spiro atoms. The predicted octanol–water partition coefficient (Wildman–Crippen LogP) is 2.82. The third-order valence-corrected chi connectivity index (χ3v) is 3.63. The fourth-order valence-corrected chi connectivity index (χ4v) is 2.35. The zero-order valence-electron chi connectivity index (χ0n) is 14.5. The summed E-state index contributed by atoms with van der Waals surface area (Å²) in [5, 5.41) is 0. The van der Waals surface area contributed by atoms with Crippen LogP contribution in [-0.2, 0) is 0 Å². The number of nitrogens with zero attached hydrogens (tertiary/aromatic N) is 3. The highest BCUT2D eigenvalue weighted by Gasteiger charge is 2.31. The molecule has 9 heteroatoms. The number of hydrogen-bond donors (Lipinski definition) is 1. The number of alkyl halides is 3. The van der Waals surface area contributed by atoms with Crippen molar-refractivity contribution in [3.63, 3.8) is 0 Å². The first kappa shape index (κ1) is 19.0. The van der Waals surface area contributed by atoms with E-state index in [1.807, 2.05) is 0 Å². The van der Waals surface area contributed by atoms with Crippen molar-refractivity contribution >= 4 is 5.95 Å². The van der Waals surface area contributed by atoms with Crippen LogP contribution in [0.4, 0.5) is 19.1 Å². The minimum atomic E-state index is -4.82. The molecule has 0 amide bonds. The van der Waals surface area contributed by atoms with Gasteiger partial charge in [-0.15, -0.1) is 13.2 Å². The Morgan fingerprint density at radius 2 is 1.86 bits per heavy atom. The van der Waals surface area contributed by atoms with Gasteiger partial charge in [-0.25, -0.2) is 9.97 Å². The maximum atomic E-state index is 12.8. The molecule has 2 N–H and O–H groups in total. The van der Waals surface area contributed by atoms with Crippen LogP contribution in [0.25, 0.3) is 5.69 Å². The monoisotopic (exact) mass is 386 g/mol. The van der Waals surface area contributed by atoms with Crippen molar-refractivity contribution < 1.29 is 17.9 Å². The van der Waals surface area contributed by atoms with Crippen LogP contribution < -0.4 is 16.0 Å².